The predicted octanol–water partition coefficient (Wildman–Crippen LogP) is 1.38. The van der Waals surface area contributed by atoms with E-state index in [-0.39, 0.29) is 17.6 Å². The number of ether oxygens (including phenoxy) is 1. The second kappa shape index (κ2) is 3.11. The third kappa shape index (κ3) is 1.83. The summed E-state index contributed by atoms with van der Waals surface area (Å²) in [5.41, 5.74) is -0.422. The van der Waals surface area contributed by atoms with E-state index >= 15 is 0 Å². The maximum Gasteiger partial charge on any atom is 0.410 e. The Morgan fingerprint density at radius 3 is 2.40 bits per heavy atom. The number of amides is 1. The standard InChI is InChI=1S/C11H19NO3/c1-10(2,3)15-9(14)12-6-11(7-12)5-4-8(11)13/h8,13H,4-7H2,1-3H3/t8-/m0/s1. The average molecular weight is 213 g/mol. The fourth-order valence-electron chi connectivity index (χ4n) is 2.22. The fourth-order valence-corrected chi connectivity index (χ4v) is 2.22. The van der Waals surface area contributed by atoms with E-state index in [2.05, 4.69) is 0 Å². The van der Waals surface area contributed by atoms with Crippen LogP contribution in [0.4, 0.5) is 4.79 Å². The Labute approximate surface area is 90.2 Å². The number of aliphatic hydroxyl groups is 1. The molecule has 1 spiro atoms. The van der Waals surface area contributed by atoms with Crippen molar-refractivity contribution in [3.8, 4) is 0 Å². The van der Waals surface area contributed by atoms with E-state index in [1.807, 2.05) is 20.8 Å². The van der Waals surface area contributed by atoms with Gasteiger partial charge in [0.2, 0.25) is 0 Å². The smallest absolute Gasteiger partial charge is 0.410 e. The van der Waals surface area contributed by atoms with E-state index in [1.165, 1.54) is 0 Å². The van der Waals surface area contributed by atoms with Crippen LogP contribution in [0.3, 0.4) is 0 Å². The molecule has 0 aromatic heterocycles. The van der Waals surface area contributed by atoms with Crippen LogP contribution in [-0.2, 0) is 4.74 Å². The SMILES string of the molecule is CC(C)(C)OC(=O)N1CC2(CC[C@@H]2O)C1. The molecular formula is C11H19NO3. The van der Waals surface area contributed by atoms with Crippen molar-refractivity contribution in [2.45, 2.75) is 45.3 Å². The molecule has 1 aliphatic carbocycles. The summed E-state index contributed by atoms with van der Waals surface area (Å²) in [6, 6.07) is 0. The summed E-state index contributed by atoms with van der Waals surface area (Å²) in [5, 5.41) is 9.57. The van der Waals surface area contributed by atoms with E-state index in [9.17, 15) is 9.90 Å². The molecule has 0 radical (unpaired) electrons. The Kier molecular flexibility index (Phi) is 2.23. The molecule has 1 saturated carbocycles. The molecule has 15 heavy (non-hydrogen) atoms. The number of hydrogen-bond acceptors (Lipinski definition) is 3. The molecule has 1 atom stereocenters. The highest BCUT2D eigenvalue weighted by molar-refractivity contribution is 5.69. The van der Waals surface area contributed by atoms with E-state index in [0.717, 1.165) is 12.8 Å². The topological polar surface area (TPSA) is 49.8 Å². The van der Waals surface area contributed by atoms with Gasteiger partial charge in [-0.05, 0) is 33.6 Å². The first-order chi connectivity index (χ1) is 6.82. The minimum absolute atomic E-state index is 0.0108. The molecule has 1 N–H and O–H groups in total. The van der Waals surface area contributed by atoms with Crippen molar-refractivity contribution < 1.29 is 14.6 Å². The Balaban J connectivity index is 1.82. The summed E-state index contributed by atoms with van der Waals surface area (Å²) in [5.74, 6) is 0. The molecule has 2 fully saturated rings. The zero-order valence-electron chi connectivity index (χ0n) is 9.62. The van der Waals surface area contributed by atoms with Gasteiger partial charge in [0.15, 0.2) is 0 Å². The molecule has 0 unspecified atom stereocenters. The lowest BCUT2D eigenvalue weighted by Gasteiger charge is -2.58. The first-order valence-electron chi connectivity index (χ1n) is 5.48. The molecule has 1 heterocycles. The quantitative estimate of drug-likeness (QED) is 0.661. The van der Waals surface area contributed by atoms with Crippen molar-refractivity contribution in [3.05, 3.63) is 0 Å². The van der Waals surface area contributed by atoms with Crippen LogP contribution in [0, 0.1) is 5.41 Å². The number of likely N-dealkylation sites (tertiary alicyclic amines) is 1. The number of aliphatic hydroxyl groups excluding tert-OH is 1. The first kappa shape index (κ1) is 10.7. The number of carbonyl (C=O) groups is 1. The zero-order chi connectivity index (χ0) is 11.3. The predicted molar refractivity (Wildman–Crippen MR) is 55.5 cm³/mol. The minimum atomic E-state index is -0.432. The second-order valence-electron chi connectivity index (χ2n) is 5.75. The maximum atomic E-state index is 11.6. The van der Waals surface area contributed by atoms with Gasteiger partial charge in [-0.25, -0.2) is 4.79 Å². The summed E-state index contributed by atoms with van der Waals surface area (Å²) in [6.45, 7) is 6.89. The Hall–Kier alpha value is -0.770. The van der Waals surface area contributed by atoms with Crippen molar-refractivity contribution in [3.63, 3.8) is 0 Å². The second-order valence-corrected chi connectivity index (χ2v) is 5.75. The molecule has 0 bridgehead atoms. The Morgan fingerprint density at radius 2 is 2.07 bits per heavy atom. The third-order valence-electron chi connectivity index (χ3n) is 3.29. The number of nitrogens with zero attached hydrogens (tertiary/aromatic N) is 1. The Bertz CT molecular complexity index is 276. The molecule has 1 amide bonds. The molecule has 1 aliphatic heterocycles. The number of hydrogen-bond donors (Lipinski definition) is 1. The van der Waals surface area contributed by atoms with Gasteiger partial charge in [0.05, 0.1) is 6.10 Å². The highest BCUT2D eigenvalue weighted by Gasteiger charge is 2.56. The highest BCUT2D eigenvalue weighted by atomic mass is 16.6. The summed E-state index contributed by atoms with van der Waals surface area (Å²) >= 11 is 0. The van der Waals surface area contributed by atoms with Crippen molar-refractivity contribution >= 4 is 6.09 Å². The van der Waals surface area contributed by atoms with Gasteiger partial charge in [0, 0.05) is 18.5 Å². The normalized spacial score (nSPS) is 28.3. The van der Waals surface area contributed by atoms with Crippen LogP contribution >= 0.6 is 0 Å². The lowest BCUT2D eigenvalue weighted by molar-refractivity contribution is -0.152. The molecule has 4 heteroatoms. The lowest BCUT2D eigenvalue weighted by Crippen LogP contribution is -2.68. The van der Waals surface area contributed by atoms with Crippen molar-refractivity contribution in [2.75, 3.05) is 13.1 Å². The van der Waals surface area contributed by atoms with Gasteiger partial charge in [0.25, 0.3) is 0 Å². The fraction of sp³-hybridized carbons (Fsp3) is 0.909. The highest BCUT2D eigenvalue weighted by Crippen LogP contribution is 2.48. The lowest BCUT2D eigenvalue weighted by atomic mass is 9.61. The first-order valence-corrected chi connectivity index (χ1v) is 5.48. The van der Waals surface area contributed by atoms with Crippen LogP contribution in [0.15, 0.2) is 0 Å². The molecular weight excluding hydrogens is 194 g/mol. The largest absolute Gasteiger partial charge is 0.444 e. The van der Waals surface area contributed by atoms with Crippen LogP contribution in [0.5, 0.6) is 0 Å². The van der Waals surface area contributed by atoms with E-state index in [1.54, 1.807) is 4.90 Å². The van der Waals surface area contributed by atoms with Crippen LogP contribution in [0.2, 0.25) is 0 Å². The van der Waals surface area contributed by atoms with E-state index < -0.39 is 5.60 Å². The van der Waals surface area contributed by atoms with Gasteiger partial charge in [-0.15, -0.1) is 0 Å². The summed E-state index contributed by atoms with van der Waals surface area (Å²) in [4.78, 5) is 13.3. The monoisotopic (exact) mass is 213 g/mol. The van der Waals surface area contributed by atoms with Crippen LogP contribution < -0.4 is 0 Å². The van der Waals surface area contributed by atoms with Crippen LogP contribution in [0.25, 0.3) is 0 Å². The van der Waals surface area contributed by atoms with Crippen LogP contribution in [0.1, 0.15) is 33.6 Å². The number of rotatable bonds is 0. The minimum Gasteiger partial charge on any atom is -0.444 e. The van der Waals surface area contributed by atoms with Gasteiger partial charge in [-0.1, -0.05) is 0 Å². The average Bonchev–Trinajstić information content (AvgIpc) is 1.95. The van der Waals surface area contributed by atoms with Gasteiger partial charge < -0.3 is 14.7 Å². The summed E-state index contributed by atoms with van der Waals surface area (Å²) in [7, 11) is 0. The summed E-state index contributed by atoms with van der Waals surface area (Å²) < 4.78 is 5.24. The molecule has 0 aromatic rings. The van der Waals surface area contributed by atoms with Crippen molar-refractivity contribution in [1.29, 1.82) is 0 Å². The van der Waals surface area contributed by atoms with E-state index in [0.29, 0.717) is 13.1 Å². The molecule has 1 saturated heterocycles. The molecule has 4 nitrogen and oxygen atoms in total. The van der Waals surface area contributed by atoms with Crippen molar-refractivity contribution in [1.82, 2.24) is 4.90 Å². The van der Waals surface area contributed by atoms with E-state index in [4.69, 9.17) is 4.74 Å². The molecule has 86 valence electrons. The molecule has 2 aliphatic rings. The third-order valence-corrected chi connectivity index (χ3v) is 3.29. The van der Waals surface area contributed by atoms with Gasteiger partial charge in [0.1, 0.15) is 5.60 Å². The summed E-state index contributed by atoms with van der Waals surface area (Å²) in [6.07, 6.45) is 1.44. The Morgan fingerprint density at radius 1 is 1.47 bits per heavy atom. The van der Waals surface area contributed by atoms with Crippen molar-refractivity contribution in [2.24, 2.45) is 5.41 Å². The van der Waals surface area contributed by atoms with Gasteiger partial charge in [-0.3, -0.25) is 0 Å². The molecule has 0 aromatic carbocycles. The molecule has 2 rings (SSSR count). The van der Waals surface area contributed by atoms with Gasteiger partial charge >= 0.3 is 6.09 Å². The maximum absolute atomic E-state index is 11.6. The number of carbonyl (C=O) groups excluding carboxylic acids is 1. The van der Waals surface area contributed by atoms with Gasteiger partial charge in [-0.2, -0.15) is 0 Å². The zero-order valence-corrected chi connectivity index (χ0v) is 9.62. The van der Waals surface area contributed by atoms with Crippen LogP contribution in [-0.4, -0.2) is 40.9 Å².